The molecule has 1 aliphatic rings. The van der Waals surface area contributed by atoms with E-state index < -0.39 is 17.2 Å². The molecule has 0 bridgehead atoms. The highest BCUT2D eigenvalue weighted by molar-refractivity contribution is 6.37. The largest absolute Gasteiger partial charge is 0.205 e. The van der Waals surface area contributed by atoms with Gasteiger partial charge in [0.2, 0.25) is 0 Å². The number of benzene rings is 1. The molecule has 1 aromatic rings. The van der Waals surface area contributed by atoms with Crippen LogP contribution in [0.5, 0.6) is 0 Å². The van der Waals surface area contributed by atoms with Gasteiger partial charge in [0.15, 0.2) is 0 Å². The summed E-state index contributed by atoms with van der Waals surface area (Å²) in [5.74, 6) is -0.522. The van der Waals surface area contributed by atoms with Crippen LogP contribution < -0.4 is 0 Å². The number of nitriles is 1. The first kappa shape index (κ1) is 16.2. The van der Waals surface area contributed by atoms with Crippen LogP contribution in [0.15, 0.2) is 12.1 Å². The van der Waals surface area contributed by atoms with E-state index in [0.29, 0.717) is 0 Å². The van der Waals surface area contributed by atoms with Crippen LogP contribution in [0.1, 0.15) is 56.6 Å². The molecular formula is C17H23F2NSi. The maximum atomic E-state index is 13.6. The minimum Gasteiger partial charge on any atom is -0.205 e. The normalized spacial score (nSPS) is 22.6. The van der Waals surface area contributed by atoms with E-state index in [-0.39, 0.29) is 9.52 Å². The van der Waals surface area contributed by atoms with Gasteiger partial charge in [-0.2, -0.15) is 5.26 Å². The van der Waals surface area contributed by atoms with Crippen molar-refractivity contribution in [1.82, 2.24) is 0 Å². The molecule has 0 amide bonds. The van der Waals surface area contributed by atoms with Gasteiger partial charge in [-0.25, -0.2) is 8.78 Å². The monoisotopic (exact) mass is 307 g/mol. The predicted octanol–water partition coefficient (Wildman–Crippen LogP) is 4.28. The zero-order valence-electron chi connectivity index (χ0n) is 12.7. The lowest BCUT2D eigenvalue weighted by Crippen LogP contribution is -2.16. The van der Waals surface area contributed by atoms with Crippen molar-refractivity contribution in [2.45, 2.75) is 57.0 Å². The van der Waals surface area contributed by atoms with Crippen LogP contribution in [0, 0.1) is 28.9 Å². The average molecular weight is 307 g/mol. The Labute approximate surface area is 128 Å². The molecule has 0 spiro atoms. The topological polar surface area (TPSA) is 23.8 Å². The molecule has 0 aromatic heterocycles. The molecule has 1 fully saturated rings. The minimum atomic E-state index is -0.715. The molecule has 4 heteroatoms. The van der Waals surface area contributed by atoms with Gasteiger partial charge in [-0.1, -0.05) is 51.0 Å². The molecule has 0 unspecified atom stereocenters. The van der Waals surface area contributed by atoms with Gasteiger partial charge in [-0.15, -0.1) is 0 Å². The van der Waals surface area contributed by atoms with Crippen LogP contribution in [-0.2, 0) is 6.04 Å². The average Bonchev–Trinajstić information content (AvgIpc) is 2.47. The van der Waals surface area contributed by atoms with Crippen LogP contribution in [0.2, 0.25) is 5.54 Å². The fourth-order valence-corrected chi connectivity index (χ4v) is 5.54. The molecule has 114 valence electrons. The number of nitrogens with zero attached hydrogens (tertiary/aromatic N) is 1. The highest BCUT2D eigenvalue weighted by Gasteiger charge is 2.21. The summed E-state index contributed by atoms with van der Waals surface area (Å²) >= 11 is 0. The first-order valence-corrected chi connectivity index (χ1v) is 9.83. The highest BCUT2D eigenvalue weighted by atomic mass is 28.2. The van der Waals surface area contributed by atoms with Gasteiger partial charge in [0.05, 0.1) is 0 Å². The Hall–Kier alpha value is -1.21. The van der Waals surface area contributed by atoms with Crippen molar-refractivity contribution in [1.29, 1.82) is 5.26 Å². The van der Waals surface area contributed by atoms with E-state index in [1.165, 1.54) is 50.7 Å². The first-order chi connectivity index (χ1) is 10.1. The van der Waals surface area contributed by atoms with Crippen molar-refractivity contribution in [2.75, 3.05) is 0 Å². The van der Waals surface area contributed by atoms with Crippen molar-refractivity contribution < 1.29 is 8.78 Å². The Morgan fingerprint density at radius 2 is 1.81 bits per heavy atom. The molecule has 1 nitrogen and oxygen atoms in total. The zero-order valence-corrected chi connectivity index (χ0v) is 14.1. The Kier molecular flexibility index (Phi) is 5.92. The number of halogens is 2. The second-order valence-electron chi connectivity index (χ2n) is 6.26. The molecule has 0 radical (unpaired) electrons. The summed E-state index contributed by atoms with van der Waals surface area (Å²) in [4.78, 5) is 0. The Bertz CT molecular complexity index is 493. The smallest absolute Gasteiger partial charge is 0.144 e. The predicted molar refractivity (Wildman–Crippen MR) is 83.9 cm³/mol. The zero-order chi connectivity index (χ0) is 15.2. The standard InChI is InChI=1S/C17H23F2NSi/c1-2-3-12-4-6-14(7-5-12)21-11-13-8-16(18)15(10-20)17(19)9-13/h8-9,12,14H,2-7,11,21H2,1H3. The maximum absolute atomic E-state index is 13.6. The van der Waals surface area contributed by atoms with Gasteiger partial charge in [0, 0.05) is 9.52 Å². The van der Waals surface area contributed by atoms with E-state index >= 15 is 0 Å². The fraction of sp³-hybridized carbons (Fsp3) is 0.588. The highest BCUT2D eigenvalue weighted by Crippen LogP contribution is 2.34. The van der Waals surface area contributed by atoms with Gasteiger partial charge in [-0.3, -0.25) is 0 Å². The number of rotatable bonds is 5. The number of hydrogen-bond acceptors (Lipinski definition) is 1. The summed E-state index contributed by atoms with van der Waals surface area (Å²) in [5.41, 5.74) is 1.09. The summed E-state index contributed by atoms with van der Waals surface area (Å²) in [6.07, 6.45) is 7.90. The molecule has 0 saturated heterocycles. The van der Waals surface area contributed by atoms with Gasteiger partial charge < -0.3 is 0 Å². The van der Waals surface area contributed by atoms with Gasteiger partial charge >= 0.3 is 0 Å². The molecule has 1 saturated carbocycles. The van der Waals surface area contributed by atoms with E-state index in [1.54, 1.807) is 6.07 Å². The number of hydrogen-bond donors (Lipinski definition) is 0. The molecule has 0 N–H and O–H groups in total. The quantitative estimate of drug-likeness (QED) is 0.745. The van der Waals surface area contributed by atoms with Crippen molar-refractivity contribution in [3.8, 4) is 6.07 Å². The molecule has 1 aliphatic carbocycles. The molecule has 0 heterocycles. The van der Waals surface area contributed by atoms with E-state index in [0.717, 1.165) is 23.1 Å². The fourth-order valence-electron chi connectivity index (χ4n) is 3.46. The Balaban J connectivity index is 1.86. The van der Waals surface area contributed by atoms with Crippen molar-refractivity contribution >= 4 is 9.52 Å². The Morgan fingerprint density at radius 3 is 2.33 bits per heavy atom. The molecule has 1 aromatic carbocycles. The van der Waals surface area contributed by atoms with Crippen LogP contribution in [0.25, 0.3) is 0 Å². The summed E-state index contributed by atoms with van der Waals surface area (Å²) in [5, 5.41) is 8.67. The third-order valence-corrected chi connectivity index (χ3v) is 7.22. The van der Waals surface area contributed by atoms with Crippen LogP contribution in [0.3, 0.4) is 0 Å². The van der Waals surface area contributed by atoms with Crippen LogP contribution in [-0.4, -0.2) is 9.52 Å². The molecule has 0 atom stereocenters. The van der Waals surface area contributed by atoms with Crippen molar-refractivity contribution in [2.24, 2.45) is 5.92 Å². The van der Waals surface area contributed by atoms with Gasteiger partial charge in [-0.05, 0) is 29.7 Å². The van der Waals surface area contributed by atoms with Crippen LogP contribution in [0.4, 0.5) is 8.78 Å². The minimum absolute atomic E-state index is 0.336. The van der Waals surface area contributed by atoms with Crippen molar-refractivity contribution in [3.63, 3.8) is 0 Å². The van der Waals surface area contributed by atoms with E-state index in [9.17, 15) is 8.78 Å². The maximum Gasteiger partial charge on any atom is 0.144 e. The SMILES string of the molecule is CCCC1CCC([SiH2]Cc2cc(F)c(C#N)c(F)c2)CC1. The lowest BCUT2D eigenvalue weighted by Gasteiger charge is -2.28. The molecule has 21 heavy (non-hydrogen) atoms. The van der Waals surface area contributed by atoms with Gasteiger partial charge in [0.25, 0.3) is 0 Å². The molecular weight excluding hydrogens is 284 g/mol. The summed E-state index contributed by atoms with van der Waals surface area (Å²) in [6, 6.07) is 5.10. The summed E-state index contributed by atoms with van der Waals surface area (Å²) in [6.45, 7) is 2.24. The third-order valence-electron chi connectivity index (χ3n) is 4.72. The first-order valence-electron chi connectivity index (χ1n) is 8.02. The lowest BCUT2D eigenvalue weighted by atomic mass is 9.86. The summed E-state index contributed by atoms with van der Waals surface area (Å²) < 4.78 is 27.1. The lowest BCUT2D eigenvalue weighted by molar-refractivity contribution is 0.335. The molecule has 0 aliphatic heterocycles. The van der Waals surface area contributed by atoms with Gasteiger partial charge in [0.1, 0.15) is 23.3 Å². The van der Waals surface area contributed by atoms with E-state index in [2.05, 4.69) is 6.92 Å². The summed E-state index contributed by atoms with van der Waals surface area (Å²) in [7, 11) is -0.336. The van der Waals surface area contributed by atoms with Crippen LogP contribution >= 0.6 is 0 Å². The molecule has 2 rings (SSSR count). The van der Waals surface area contributed by atoms with E-state index in [1.807, 2.05) is 0 Å². The third kappa shape index (κ3) is 4.37. The van der Waals surface area contributed by atoms with E-state index in [4.69, 9.17) is 5.26 Å². The second-order valence-corrected chi connectivity index (χ2v) is 8.49. The Morgan fingerprint density at radius 1 is 1.19 bits per heavy atom. The second kappa shape index (κ2) is 7.70. The van der Waals surface area contributed by atoms with Crippen molar-refractivity contribution in [3.05, 3.63) is 34.9 Å².